The van der Waals surface area contributed by atoms with Crippen molar-refractivity contribution >= 4 is 22.9 Å². The van der Waals surface area contributed by atoms with Crippen LogP contribution in [0.2, 0.25) is 0 Å². The Hall–Kier alpha value is -3.67. The van der Waals surface area contributed by atoms with Crippen LogP contribution in [-0.2, 0) is 17.8 Å². The summed E-state index contributed by atoms with van der Waals surface area (Å²) in [6.45, 7) is 2.57. The van der Waals surface area contributed by atoms with Gasteiger partial charge in [0.15, 0.2) is 0 Å². The van der Waals surface area contributed by atoms with E-state index in [1.807, 2.05) is 54.6 Å². The molecule has 1 aliphatic heterocycles. The number of carbonyl (C=O) groups excluding carboxylic acids is 1. The summed E-state index contributed by atoms with van der Waals surface area (Å²) in [5.74, 6) is 0.774. The summed E-state index contributed by atoms with van der Waals surface area (Å²) in [5.41, 5.74) is 3.75. The number of imidazole rings is 1. The zero-order valence-electron chi connectivity index (χ0n) is 19.2. The molecule has 0 aliphatic carbocycles. The lowest BCUT2D eigenvalue weighted by Gasteiger charge is -2.32. The molecule has 5 nitrogen and oxygen atoms in total. The monoisotopic (exact) mass is 456 g/mol. The highest BCUT2D eigenvalue weighted by atomic mass is 19.1. The zero-order chi connectivity index (χ0) is 23.3. The number of amides is 1. The van der Waals surface area contributed by atoms with Gasteiger partial charge < -0.3 is 14.8 Å². The molecule has 1 amide bonds. The second kappa shape index (κ2) is 10.1. The van der Waals surface area contributed by atoms with E-state index in [2.05, 4.69) is 26.9 Å². The van der Waals surface area contributed by atoms with Crippen LogP contribution in [0.1, 0.15) is 24.0 Å². The Balaban J connectivity index is 1.25. The molecule has 0 spiro atoms. The largest absolute Gasteiger partial charge is 0.356 e. The fourth-order valence-electron chi connectivity index (χ4n) is 4.72. The fourth-order valence-corrected chi connectivity index (χ4v) is 4.72. The highest BCUT2D eigenvalue weighted by Gasteiger charge is 2.27. The van der Waals surface area contributed by atoms with E-state index in [-0.39, 0.29) is 17.6 Å². The number of anilines is 1. The van der Waals surface area contributed by atoms with E-state index in [1.165, 1.54) is 11.6 Å². The number of para-hydroxylation sites is 2. The molecule has 1 saturated heterocycles. The van der Waals surface area contributed by atoms with E-state index in [4.69, 9.17) is 4.98 Å². The van der Waals surface area contributed by atoms with Crippen molar-refractivity contribution in [3.8, 4) is 0 Å². The molecule has 1 aliphatic rings. The van der Waals surface area contributed by atoms with Gasteiger partial charge in [0, 0.05) is 31.1 Å². The number of benzene rings is 3. The highest BCUT2D eigenvalue weighted by Crippen LogP contribution is 2.28. The molecule has 1 fully saturated rings. The first-order valence-electron chi connectivity index (χ1n) is 11.9. The number of nitrogens with zero attached hydrogens (tertiary/aromatic N) is 3. The van der Waals surface area contributed by atoms with E-state index in [0.717, 1.165) is 49.3 Å². The molecule has 174 valence electrons. The molecule has 2 heterocycles. The van der Waals surface area contributed by atoms with Gasteiger partial charge in [-0.25, -0.2) is 9.37 Å². The van der Waals surface area contributed by atoms with Gasteiger partial charge >= 0.3 is 0 Å². The van der Waals surface area contributed by atoms with Gasteiger partial charge in [0.25, 0.3) is 0 Å². The van der Waals surface area contributed by atoms with Gasteiger partial charge in [-0.3, -0.25) is 4.79 Å². The Morgan fingerprint density at radius 2 is 1.65 bits per heavy atom. The zero-order valence-corrected chi connectivity index (χ0v) is 19.2. The van der Waals surface area contributed by atoms with Crippen molar-refractivity contribution in [1.82, 2.24) is 14.9 Å². The van der Waals surface area contributed by atoms with Crippen molar-refractivity contribution in [2.75, 3.05) is 24.5 Å². The molecule has 3 aromatic carbocycles. The number of fused-ring (bicyclic) bond motifs is 1. The van der Waals surface area contributed by atoms with Crippen LogP contribution in [0.4, 0.5) is 10.3 Å². The number of aromatic nitrogens is 2. The lowest BCUT2D eigenvalue weighted by atomic mass is 9.96. The van der Waals surface area contributed by atoms with Crippen LogP contribution in [0, 0.1) is 11.7 Å². The van der Waals surface area contributed by atoms with E-state index < -0.39 is 0 Å². The van der Waals surface area contributed by atoms with Crippen LogP contribution < -0.4 is 10.2 Å². The number of nitrogens with one attached hydrogen (secondary N) is 1. The summed E-state index contributed by atoms with van der Waals surface area (Å²) in [7, 11) is 0. The lowest BCUT2D eigenvalue weighted by molar-refractivity contribution is -0.125. The smallest absolute Gasteiger partial charge is 0.223 e. The maximum Gasteiger partial charge on any atom is 0.223 e. The highest BCUT2D eigenvalue weighted by molar-refractivity contribution is 5.80. The number of carbonyl (C=O) groups is 1. The Bertz CT molecular complexity index is 1260. The molecule has 1 N–H and O–H groups in total. The minimum absolute atomic E-state index is 0.0106. The third-order valence-electron chi connectivity index (χ3n) is 6.63. The summed E-state index contributed by atoms with van der Waals surface area (Å²) >= 11 is 0. The molecule has 34 heavy (non-hydrogen) atoms. The van der Waals surface area contributed by atoms with Crippen LogP contribution >= 0.6 is 0 Å². The Morgan fingerprint density at radius 3 is 2.44 bits per heavy atom. The van der Waals surface area contributed by atoms with Crippen LogP contribution in [-0.4, -0.2) is 35.1 Å². The third-order valence-corrected chi connectivity index (χ3v) is 6.63. The Morgan fingerprint density at radius 1 is 0.941 bits per heavy atom. The number of piperidine rings is 1. The van der Waals surface area contributed by atoms with Crippen molar-refractivity contribution in [2.24, 2.45) is 5.92 Å². The number of halogens is 1. The molecule has 0 unspecified atom stereocenters. The summed E-state index contributed by atoms with van der Waals surface area (Å²) in [6, 6.07) is 25.1. The van der Waals surface area contributed by atoms with E-state index in [1.54, 1.807) is 6.07 Å². The summed E-state index contributed by atoms with van der Waals surface area (Å²) in [4.78, 5) is 19.8. The molecule has 0 radical (unpaired) electrons. The van der Waals surface area contributed by atoms with E-state index in [9.17, 15) is 9.18 Å². The van der Waals surface area contributed by atoms with Crippen molar-refractivity contribution < 1.29 is 9.18 Å². The van der Waals surface area contributed by atoms with Gasteiger partial charge in [0.05, 0.1) is 17.6 Å². The standard InChI is InChI=1S/C28H29FN4O/c29-24-11-5-4-10-23(24)20-33-26-13-7-6-12-25(26)31-28(33)32-18-15-22(16-19-32)27(34)30-17-14-21-8-2-1-3-9-21/h1-13,22H,14-20H2,(H,30,34). The fraction of sp³-hybridized carbons (Fsp3) is 0.286. The van der Waals surface area contributed by atoms with Gasteiger partial charge in [-0.05, 0) is 43.0 Å². The first-order chi connectivity index (χ1) is 16.7. The normalized spacial score (nSPS) is 14.4. The van der Waals surface area contributed by atoms with Crippen LogP contribution in [0.3, 0.4) is 0 Å². The van der Waals surface area contributed by atoms with Gasteiger partial charge in [-0.15, -0.1) is 0 Å². The molecule has 0 atom stereocenters. The first kappa shape index (κ1) is 22.1. The molecule has 6 heteroatoms. The topological polar surface area (TPSA) is 50.2 Å². The van der Waals surface area contributed by atoms with E-state index in [0.29, 0.717) is 18.7 Å². The first-order valence-corrected chi connectivity index (χ1v) is 11.9. The van der Waals surface area contributed by atoms with E-state index >= 15 is 0 Å². The predicted octanol–water partition coefficient (Wildman–Crippen LogP) is 4.80. The van der Waals surface area contributed by atoms with Crippen molar-refractivity contribution in [3.05, 3.63) is 95.8 Å². The molecular formula is C28H29FN4O. The molecule has 4 aromatic rings. The summed E-state index contributed by atoms with van der Waals surface area (Å²) < 4.78 is 16.5. The average Bonchev–Trinajstić information content (AvgIpc) is 3.24. The van der Waals surface area contributed by atoms with Gasteiger partial charge in [0.1, 0.15) is 5.82 Å². The quantitative estimate of drug-likeness (QED) is 0.435. The predicted molar refractivity (Wildman–Crippen MR) is 133 cm³/mol. The summed E-state index contributed by atoms with van der Waals surface area (Å²) in [5, 5.41) is 3.11. The summed E-state index contributed by atoms with van der Waals surface area (Å²) in [6.07, 6.45) is 2.39. The van der Waals surface area contributed by atoms with Gasteiger partial charge in [0.2, 0.25) is 11.9 Å². The molecule has 1 aromatic heterocycles. The van der Waals surface area contributed by atoms with Crippen molar-refractivity contribution in [1.29, 1.82) is 0 Å². The lowest BCUT2D eigenvalue weighted by Crippen LogP contribution is -2.42. The van der Waals surface area contributed by atoms with Gasteiger partial charge in [-0.1, -0.05) is 60.7 Å². The Labute approximate surface area is 199 Å². The maximum atomic E-state index is 14.4. The third kappa shape index (κ3) is 4.81. The van der Waals surface area contributed by atoms with Gasteiger partial charge in [-0.2, -0.15) is 0 Å². The number of hydrogen-bond donors (Lipinski definition) is 1. The number of rotatable bonds is 7. The number of hydrogen-bond acceptors (Lipinski definition) is 3. The molecule has 5 rings (SSSR count). The molecular weight excluding hydrogens is 427 g/mol. The minimum Gasteiger partial charge on any atom is -0.356 e. The van der Waals surface area contributed by atoms with Crippen LogP contribution in [0.5, 0.6) is 0 Å². The average molecular weight is 457 g/mol. The SMILES string of the molecule is O=C(NCCc1ccccc1)C1CCN(c2nc3ccccc3n2Cc2ccccc2F)CC1. The second-order valence-corrected chi connectivity index (χ2v) is 8.87. The van der Waals surface area contributed by atoms with Crippen LogP contribution in [0.25, 0.3) is 11.0 Å². The van der Waals surface area contributed by atoms with Crippen LogP contribution in [0.15, 0.2) is 78.9 Å². The minimum atomic E-state index is -0.211. The van der Waals surface area contributed by atoms with Crippen molar-refractivity contribution in [2.45, 2.75) is 25.8 Å². The molecule has 0 bridgehead atoms. The second-order valence-electron chi connectivity index (χ2n) is 8.87. The maximum absolute atomic E-state index is 14.4. The molecule has 0 saturated carbocycles. The Kier molecular flexibility index (Phi) is 6.56. The van der Waals surface area contributed by atoms with Crippen molar-refractivity contribution in [3.63, 3.8) is 0 Å².